The van der Waals surface area contributed by atoms with Gasteiger partial charge in [0.15, 0.2) is 4.80 Å². The van der Waals surface area contributed by atoms with Gasteiger partial charge in [-0.25, -0.2) is 0 Å². The van der Waals surface area contributed by atoms with Crippen LogP contribution in [0.4, 0.5) is 0 Å². The molecule has 0 aliphatic heterocycles. The quantitative estimate of drug-likeness (QED) is 0.668. The summed E-state index contributed by atoms with van der Waals surface area (Å²) >= 11 is 1.47. The second-order valence-corrected chi connectivity index (χ2v) is 5.94. The minimum atomic E-state index is -0.249. The second-order valence-electron chi connectivity index (χ2n) is 4.93. The van der Waals surface area contributed by atoms with Crippen molar-refractivity contribution in [2.24, 2.45) is 4.99 Å². The Hall–Kier alpha value is -2.64. The van der Waals surface area contributed by atoms with Gasteiger partial charge in [-0.2, -0.15) is 4.99 Å². The molecule has 1 amide bonds. The van der Waals surface area contributed by atoms with Crippen molar-refractivity contribution in [2.75, 3.05) is 0 Å². The first-order chi connectivity index (χ1) is 10.7. The Labute approximate surface area is 132 Å². The Morgan fingerprint density at radius 3 is 2.86 bits per heavy atom. The molecule has 0 spiro atoms. The molecule has 0 bridgehead atoms. The lowest BCUT2D eigenvalue weighted by molar-refractivity contribution is 0.0998. The van der Waals surface area contributed by atoms with Crippen LogP contribution in [-0.4, -0.2) is 10.5 Å². The van der Waals surface area contributed by atoms with Gasteiger partial charge < -0.3 is 4.57 Å². The van der Waals surface area contributed by atoms with E-state index in [1.807, 2.05) is 54.0 Å². The fourth-order valence-corrected chi connectivity index (χ4v) is 3.31. The molecular formula is C18H14N2OS. The molecular weight excluding hydrogens is 292 g/mol. The molecule has 0 aliphatic rings. The van der Waals surface area contributed by atoms with Crippen LogP contribution in [0.15, 0.2) is 53.5 Å². The molecule has 1 aromatic heterocycles. The average Bonchev–Trinajstić information content (AvgIpc) is 2.85. The highest BCUT2D eigenvalue weighted by atomic mass is 32.1. The Morgan fingerprint density at radius 1 is 1.27 bits per heavy atom. The van der Waals surface area contributed by atoms with E-state index in [1.165, 1.54) is 11.3 Å². The number of aryl methyl sites for hydroxylation is 1. The average molecular weight is 306 g/mol. The van der Waals surface area contributed by atoms with Crippen molar-refractivity contribution in [3.63, 3.8) is 0 Å². The molecule has 0 N–H and O–H groups in total. The zero-order valence-corrected chi connectivity index (χ0v) is 12.9. The van der Waals surface area contributed by atoms with Crippen molar-refractivity contribution in [2.45, 2.75) is 13.5 Å². The van der Waals surface area contributed by atoms with E-state index in [2.05, 4.69) is 10.9 Å². The van der Waals surface area contributed by atoms with Gasteiger partial charge in [0.1, 0.15) is 0 Å². The van der Waals surface area contributed by atoms with Crippen LogP contribution in [0.5, 0.6) is 0 Å². The highest BCUT2D eigenvalue weighted by molar-refractivity contribution is 7.16. The Bertz CT molecular complexity index is 957. The molecule has 0 radical (unpaired) electrons. The number of terminal acetylenes is 1. The number of rotatable bonds is 2. The number of aromatic nitrogens is 1. The fraction of sp³-hybridized carbons (Fsp3) is 0.111. The number of hydrogen-bond acceptors (Lipinski definition) is 2. The molecule has 3 nitrogen and oxygen atoms in total. The molecule has 108 valence electrons. The number of para-hydroxylation sites is 1. The minimum Gasteiger partial charge on any atom is -0.305 e. The maximum atomic E-state index is 12.4. The SMILES string of the molecule is C#CCn1c(=NC(=O)c2cccc(C)c2)sc2ccccc21. The van der Waals surface area contributed by atoms with Crippen molar-refractivity contribution in [1.29, 1.82) is 0 Å². The molecule has 2 aromatic carbocycles. The van der Waals surface area contributed by atoms with Gasteiger partial charge in [0, 0.05) is 5.56 Å². The largest absolute Gasteiger partial charge is 0.305 e. The van der Waals surface area contributed by atoms with Gasteiger partial charge >= 0.3 is 0 Å². The summed E-state index contributed by atoms with van der Waals surface area (Å²) in [6.07, 6.45) is 5.45. The molecule has 0 unspecified atom stereocenters. The first-order valence-electron chi connectivity index (χ1n) is 6.86. The van der Waals surface area contributed by atoms with E-state index >= 15 is 0 Å². The van der Waals surface area contributed by atoms with E-state index < -0.39 is 0 Å². The minimum absolute atomic E-state index is 0.249. The van der Waals surface area contributed by atoms with E-state index in [1.54, 1.807) is 6.07 Å². The van der Waals surface area contributed by atoms with Crippen LogP contribution in [0.1, 0.15) is 15.9 Å². The standard InChI is InChI=1S/C18H14N2OS/c1-3-11-20-15-9-4-5-10-16(15)22-18(20)19-17(21)14-8-6-7-13(2)12-14/h1,4-10,12H,11H2,2H3. The van der Waals surface area contributed by atoms with Gasteiger partial charge in [0.2, 0.25) is 0 Å². The van der Waals surface area contributed by atoms with E-state index in [-0.39, 0.29) is 5.91 Å². The van der Waals surface area contributed by atoms with Gasteiger partial charge in [0.05, 0.1) is 16.8 Å². The first-order valence-corrected chi connectivity index (χ1v) is 7.68. The van der Waals surface area contributed by atoms with Crippen LogP contribution >= 0.6 is 11.3 Å². The molecule has 22 heavy (non-hydrogen) atoms. The van der Waals surface area contributed by atoms with Crippen molar-refractivity contribution in [3.8, 4) is 12.3 Å². The lowest BCUT2D eigenvalue weighted by Crippen LogP contribution is -2.16. The summed E-state index contributed by atoms with van der Waals surface area (Å²) < 4.78 is 2.96. The zero-order valence-electron chi connectivity index (χ0n) is 12.1. The highest BCUT2D eigenvalue weighted by Crippen LogP contribution is 2.16. The molecule has 0 saturated carbocycles. The zero-order chi connectivity index (χ0) is 15.5. The number of thiazole rings is 1. The van der Waals surface area contributed by atoms with Crippen LogP contribution in [0.2, 0.25) is 0 Å². The van der Waals surface area contributed by atoms with Crippen LogP contribution in [-0.2, 0) is 6.54 Å². The summed E-state index contributed by atoms with van der Waals surface area (Å²) in [6, 6.07) is 15.3. The normalized spacial score (nSPS) is 11.5. The van der Waals surface area contributed by atoms with E-state index in [0.717, 1.165) is 15.8 Å². The molecule has 0 aliphatic carbocycles. The summed E-state index contributed by atoms with van der Waals surface area (Å²) in [7, 11) is 0. The highest BCUT2D eigenvalue weighted by Gasteiger charge is 2.08. The van der Waals surface area contributed by atoms with E-state index in [9.17, 15) is 4.79 Å². The Kier molecular flexibility index (Phi) is 3.90. The number of fused-ring (bicyclic) bond motifs is 1. The van der Waals surface area contributed by atoms with Gasteiger partial charge in [-0.15, -0.1) is 6.42 Å². The molecule has 0 fully saturated rings. The smallest absolute Gasteiger partial charge is 0.279 e. The van der Waals surface area contributed by atoms with Crippen molar-refractivity contribution in [3.05, 3.63) is 64.5 Å². The molecule has 4 heteroatoms. The number of carbonyl (C=O) groups is 1. The summed E-state index contributed by atoms with van der Waals surface area (Å²) in [5.41, 5.74) is 2.62. The topological polar surface area (TPSA) is 34.4 Å². The van der Waals surface area contributed by atoms with Crippen molar-refractivity contribution < 1.29 is 4.79 Å². The number of benzene rings is 2. The number of nitrogens with zero attached hydrogens (tertiary/aromatic N) is 2. The van der Waals surface area contributed by atoms with Crippen molar-refractivity contribution >= 4 is 27.5 Å². The molecule has 3 rings (SSSR count). The third-order valence-corrected chi connectivity index (χ3v) is 4.36. The number of amides is 1. The van der Waals surface area contributed by atoms with Gasteiger partial charge in [-0.05, 0) is 31.2 Å². The first kappa shape index (κ1) is 14.3. The van der Waals surface area contributed by atoms with E-state index in [0.29, 0.717) is 16.9 Å². The summed E-state index contributed by atoms with van der Waals surface area (Å²) in [6.45, 7) is 2.35. The molecule has 3 aromatic rings. The van der Waals surface area contributed by atoms with Gasteiger partial charge in [0.25, 0.3) is 5.91 Å². The van der Waals surface area contributed by atoms with Gasteiger partial charge in [-0.1, -0.05) is 47.1 Å². The lowest BCUT2D eigenvalue weighted by Gasteiger charge is -2.00. The van der Waals surface area contributed by atoms with Crippen molar-refractivity contribution in [1.82, 2.24) is 4.57 Å². The molecule has 0 saturated heterocycles. The maximum Gasteiger partial charge on any atom is 0.279 e. The third-order valence-electron chi connectivity index (χ3n) is 3.30. The molecule has 1 heterocycles. The predicted molar refractivity (Wildman–Crippen MR) is 89.7 cm³/mol. The van der Waals surface area contributed by atoms with Crippen LogP contribution in [0.3, 0.4) is 0 Å². The van der Waals surface area contributed by atoms with Crippen LogP contribution < -0.4 is 4.80 Å². The maximum absolute atomic E-state index is 12.4. The summed E-state index contributed by atoms with van der Waals surface area (Å²) in [4.78, 5) is 17.3. The Morgan fingerprint density at radius 2 is 2.09 bits per heavy atom. The monoisotopic (exact) mass is 306 g/mol. The third kappa shape index (κ3) is 2.72. The Balaban J connectivity index is 2.14. The number of hydrogen-bond donors (Lipinski definition) is 0. The summed E-state index contributed by atoms with van der Waals surface area (Å²) in [5.74, 6) is 2.37. The second kappa shape index (κ2) is 6.00. The van der Waals surface area contributed by atoms with Gasteiger partial charge in [-0.3, -0.25) is 4.79 Å². The van der Waals surface area contributed by atoms with Crippen LogP contribution in [0.25, 0.3) is 10.2 Å². The fourth-order valence-electron chi connectivity index (χ4n) is 2.28. The number of carbonyl (C=O) groups excluding carboxylic acids is 1. The predicted octanol–water partition coefficient (Wildman–Crippen LogP) is 3.39. The van der Waals surface area contributed by atoms with Crippen LogP contribution in [0, 0.1) is 19.3 Å². The molecule has 0 atom stereocenters. The van der Waals surface area contributed by atoms with E-state index in [4.69, 9.17) is 6.42 Å². The summed E-state index contributed by atoms with van der Waals surface area (Å²) in [5, 5.41) is 0. The lowest BCUT2D eigenvalue weighted by atomic mass is 10.1.